The van der Waals surface area contributed by atoms with E-state index in [1.807, 2.05) is 5.43 Å². The van der Waals surface area contributed by atoms with E-state index in [9.17, 15) is 32.6 Å². The Morgan fingerprint density at radius 3 is 2.34 bits per heavy atom. The molecule has 6 N–H and O–H groups in total. The number of hydrogen-bond acceptors (Lipinski definition) is 12. The molecule has 0 saturated heterocycles. The smallest absolute Gasteiger partial charge is 0.348 e. The van der Waals surface area contributed by atoms with Crippen molar-refractivity contribution in [3.63, 3.8) is 0 Å². The van der Waals surface area contributed by atoms with Crippen molar-refractivity contribution in [1.29, 1.82) is 0 Å². The number of nitrogens with two attached hydrogens (primary N) is 2. The van der Waals surface area contributed by atoms with Crippen LogP contribution in [0.2, 0.25) is 0 Å². The summed E-state index contributed by atoms with van der Waals surface area (Å²) in [6, 6.07) is 1.93. The third-order valence-electron chi connectivity index (χ3n) is 3.85. The zero-order chi connectivity index (χ0) is 21.5. The van der Waals surface area contributed by atoms with E-state index in [0.29, 0.717) is 18.1 Å². The van der Waals surface area contributed by atoms with Gasteiger partial charge in [0.25, 0.3) is 11.8 Å². The van der Waals surface area contributed by atoms with E-state index in [4.69, 9.17) is 11.6 Å². The second-order valence-corrected chi connectivity index (χ2v) is 7.56. The highest BCUT2D eigenvalue weighted by atomic mass is 32.2. The Kier molecular flexibility index (Phi) is 5.32. The van der Waals surface area contributed by atoms with Gasteiger partial charge in [0.15, 0.2) is 0 Å². The summed E-state index contributed by atoms with van der Waals surface area (Å²) in [6.07, 6.45) is 0. The normalized spacial score (nSPS) is 13.7. The first kappa shape index (κ1) is 20.7. The molecule has 29 heavy (non-hydrogen) atoms. The van der Waals surface area contributed by atoms with Crippen LogP contribution in [0.15, 0.2) is 28.0 Å². The number of nitrogens with zero attached hydrogens (tertiary/aromatic N) is 1. The van der Waals surface area contributed by atoms with Crippen molar-refractivity contribution in [2.75, 3.05) is 5.73 Å². The highest BCUT2D eigenvalue weighted by Crippen LogP contribution is 2.39. The molecule has 0 saturated carbocycles. The van der Waals surface area contributed by atoms with Gasteiger partial charge in [-0.3, -0.25) is 20.1 Å². The van der Waals surface area contributed by atoms with E-state index in [1.165, 1.54) is 12.1 Å². The van der Waals surface area contributed by atoms with Crippen LogP contribution < -0.4 is 27.7 Å². The number of imide groups is 1. The van der Waals surface area contributed by atoms with E-state index < -0.39 is 44.1 Å². The van der Waals surface area contributed by atoms with Crippen molar-refractivity contribution >= 4 is 56.5 Å². The summed E-state index contributed by atoms with van der Waals surface area (Å²) in [5.41, 5.74) is 8.18. The predicted octanol–water partition coefficient (Wildman–Crippen LogP) is -1.76. The molecule has 154 valence electrons. The summed E-state index contributed by atoms with van der Waals surface area (Å²) in [7, 11) is -5.12. The molecule has 1 heterocycles. The average molecular weight is 443 g/mol. The van der Waals surface area contributed by atoms with Gasteiger partial charge < -0.3 is 15.5 Å². The van der Waals surface area contributed by atoms with E-state index in [2.05, 4.69) is 9.37 Å². The molecule has 0 aromatic heterocycles. The van der Waals surface area contributed by atoms with Gasteiger partial charge in [0.1, 0.15) is 10.1 Å². The van der Waals surface area contributed by atoms with Gasteiger partial charge in [-0.1, -0.05) is 0 Å². The van der Waals surface area contributed by atoms with Crippen LogP contribution in [-0.4, -0.2) is 35.8 Å². The van der Waals surface area contributed by atoms with Crippen molar-refractivity contribution in [2.45, 2.75) is 9.79 Å². The lowest BCUT2D eigenvalue weighted by atomic mass is 9.93. The number of nitrogen functional groups attached to an aromatic ring is 1. The lowest BCUT2D eigenvalue weighted by molar-refractivity contribution is -0.777. The van der Waals surface area contributed by atoms with Gasteiger partial charge in [-0.25, -0.2) is 24.5 Å². The molecule has 2 aromatic rings. The van der Waals surface area contributed by atoms with Gasteiger partial charge in [0, 0.05) is 15.7 Å². The molecular weight excluding hydrogens is 434 g/mol. The molecule has 0 bridgehead atoms. The monoisotopic (exact) mass is 443 g/mol. The number of hydrazine groups is 2. The van der Waals surface area contributed by atoms with Crippen molar-refractivity contribution in [2.24, 2.45) is 5.84 Å². The van der Waals surface area contributed by atoms with Crippen LogP contribution in [0.25, 0.3) is 10.8 Å². The fraction of sp³-hybridized carbons (Fsp3) is 0. The Labute approximate surface area is 165 Å². The minimum absolute atomic E-state index is 0.0346. The number of hydrogen-bond donors (Lipinski definition) is 4. The molecule has 0 unspecified atom stereocenters. The summed E-state index contributed by atoms with van der Waals surface area (Å²) < 4.78 is 38.9. The van der Waals surface area contributed by atoms with Crippen LogP contribution in [0.1, 0.15) is 20.7 Å². The van der Waals surface area contributed by atoms with Gasteiger partial charge in [0.2, 0.25) is 0 Å². The molecule has 2 aromatic carbocycles. The fourth-order valence-electron chi connectivity index (χ4n) is 2.75. The molecule has 3 rings (SSSR count). The Morgan fingerprint density at radius 2 is 1.79 bits per heavy atom. The summed E-state index contributed by atoms with van der Waals surface area (Å²) in [5.74, 6) is 2.75. The summed E-state index contributed by atoms with van der Waals surface area (Å²) >= 11 is 0.346. The number of rotatable bonds is 5. The molecule has 4 amide bonds. The molecule has 14 nitrogen and oxygen atoms in total. The van der Waals surface area contributed by atoms with E-state index >= 15 is 0 Å². The number of carbonyl (C=O) groups is 3. The minimum Gasteiger partial charge on any atom is -0.744 e. The zero-order valence-corrected chi connectivity index (χ0v) is 15.5. The third kappa shape index (κ3) is 3.56. The van der Waals surface area contributed by atoms with Crippen LogP contribution in [0.3, 0.4) is 0 Å². The van der Waals surface area contributed by atoms with Gasteiger partial charge in [-0.15, -0.1) is 0 Å². The first-order valence-corrected chi connectivity index (χ1v) is 9.40. The molecule has 0 atom stereocenters. The minimum atomic E-state index is -5.12. The Balaban J connectivity index is 2.36. The maximum absolute atomic E-state index is 12.7. The SMILES string of the molecule is NNC(=O)NN1C(=O)c2cc(SOO[O-])cc3c(N)c(S(=O)(=O)[O-])cc(c23)C1=O. The van der Waals surface area contributed by atoms with Gasteiger partial charge >= 0.3 is 6.03 Å². The standard InChI is InChI=1S/C13H11N5O9S2/c14-10-5-1-4(28-27-26-22)2-6-9(5)7(3-8(10)29(23,24)25)12(20)18(11(6)19)17-13(21)16-15/h1-3,22H,14-15H2,(H2,16,17,21)(H,23,24,25)/p-2. The van der Waals surface area contributed by atoms with E-state index in [0.717, 1.165) is 0 Å². The van der Waals surface area contributed by atoms with Crippen molar-refractivity contribution in [3.8, 4) is 0 Å². The lowest BCUT2D eigenvalue weighted by Gasteiger charge is -2.28. The molecule has 16 heteroatoms. The highest BCUT2D eigenvalue weighted by molar-refractivity contribution is 7.94. The van der Waals surface area contributed by atoms with Gasteiger partial charge in [-0.05, 0) is 18.2 Å². The highest BCUT2D eigenvalue weighted by Gasteiger charge is 2.36. The molecule has 0 spiro atoms. The van der Waals surface area contributed by atoms with Crippen molar-refractivity contribution < 1.29 is 42.0 Å². The molecule has 0 aliphatic carbocycles. The van der Waals surface area contributed by atoms with Crippen LogP contribution in [0.4, 0.5) is 10.5 Å². The molecular formula is C13H9N5O9S2-2. The van der Waals surface area contributed by atoms with Gasteiger partial charge in [0.05, 0.1) is 33.8 Å². The van der Waals surface area contributed by atoms with E-state index in [-0.39, 0.29) is 26.2 Å². The topological polar surface area (TPSA) is 229 Å². The summed E-state index contributed by atoms with van der Waals surface area (Å²) in [4.78, 5) is 36.0. The molecule has 0 radical (unpaired) electrons. The number of nitrogens with one attached hydrogen (secondary N) is 2. The largest absolute Gasteiger partial charge is 0.744 e. The second-order valence-electron chi connectivity index (χ2n) is 5.43. The van der Waals surface area contributed by atoms with Crippen LogP contribution in [-0.2, 0) is 19.5 Å². The first-order chi connectivity index (χ1) is 13.6. The number of carbonyl (C=O) groups excluding carboxylic acids is 3. The molecule has 1 aliphatic rings. The number of amides is 4. The first-order valence-electron chi connectivity index (χ1n) is 7.25. The summed E-state index contributed by atoms with van der Waals surface area (Å²) in [6.45, 7) is 0. The van der Waals surface area contributed by atoms with E-state index in [1.54, 1.807) is 5.43 Å². The quantitative estimate of drug-likeness (QED) is 0.0588. The maximum atomic E-state index is 12.7. The Hall–Kier alpha value is -2.99. The number of urea groups is 1. The Bertz CT molecular complexity index is 1170. The fourth-order valence-corrected chi connectivity index (χ4v) is 3.83. The third-order valence-corrected chi connectivity index (χ3v) is 5.28. The zero-order valence-electron chi connectivity index (χ0n) is 13.8. The van der Waals surface area contributed by atoms with Crippen LogP contribution in [0, 0.1) is 0 Å². The van der Waals surface area contributed by atoms with Crippen molar-refractivity contribution in [3.05, 3.63) is 29.3 Å². The molecule has 1 aliphatic heterocycles. The maximum Gasteiger partial charge on any atom is 0.348 e. The molecule has 0 fully saturated rings. The number of anilines is 1. The lowest BCUT2D eigenvalue weighted by Crippen LogP contribution is -2.55. The van der Waals surface area contributed by atoms with Crippen LogP contribution in [0.5, 0.6) is 0 Å². The van der Waals surface area contributed by atoms with Crippen LogP contribution >= 0.6 is 12.0 Å². The average Bonchev–Trinajstić information content (AvgIpc) is 2.67. The summed E-state index contributed by atoms with van der Waals surface area (Å²) in [5, 5.41) is 13.3. The Morgan fingerprint density at radius 1 is 1.17 bits per heavy atom. The van der Waals surface area contributed by atoms with Crippen molar-refractivity contribution in [1.82, 2.24) is 15.9 Å². The van der Waals surface area contributed by atoms with Gasteiger partial charge in [-0.2, -0.15) is 9.34 Å². The second kappa shape index (κ2) is 7.44. The predicted molar refractivity (Wildman–Crippen MR) is 90.7 cm³/mol. The number of benzene rings is 2.